The standard InChI is InChI=1S/C25H37N2O7PS/c1-4-6-12-25(5-2)17-36(32,33)22-13-19(15-26-23(28)16-35(29,30)31)21(34-3)14-20(22)24(27-25)18-10-8-7-9-11-18/h7-11,13-14,24,27,32-33H,4-6,12,15-17H2,1-3H3,(H,26,28)(H2,29,30,31)/t24-,25-/m1/s1. The second-order valence-electron chi connectivity index (χ2n) is 9.34. The van der Waals surface area contributed by atoms with Gasteiger partial charge < -0.3 is 19.8 Å². The largest absolute Gasteiger partial charge is 0.496 e. The lowest BCUT2D eigenvalue weighted by Crippen LogP contribution is -2.49. The first-order valence-electron chi connectivity index (χ1n) is 12.0. The van der Waals surface area contributed by atoms with E-state index in [1.807, 2.05) is 30.3 Å². The van der Waals surface area contributed by atoms with Crippen LogP contribution in [-0.4, -0.2) is 49.4 Å². The molecular weight excluding hydrogens is 503 g/mol. The summed E-state index contributed by atoms with van der Waals surface area (Å²) in [5, 5.41) is 6.28. The first kappa shape index (κ1) is 28.7. The fraction of sp³-hybridized carbons (Fsp3) is 0.480. The van der Waals surface area contributed by atoms with Crippen LogP contribution >= 0.6 is 18.2 Å². The van der Waals surface area contributed by atoms with Crippen molar-refractivity contribution in [3.63, 3.8) is 0 Å². The number of methoxy groups -OCH3 is 1. The Morgan fingerprint density at radius 2 is 1.92 bits per heavy atom. The van der Waals surface area contributed by atoms with Crippen molar-refractivity contribution in [2.24, 2.45) is 0 Å². The number of carbonyl (C=O) groups excluding carboxylic acids is 1. The molecule has 9 nitrogen and oxygen atoms in total. The molecule has 2 aromatic carbocycles. The molecule has 6 N–H and O–H groups in total. The van der Waals surface area contributed by atoms with Crippen LogP contribution in [-0.2, 0) is 15.9 Å². The van der Waals surface area contributed by atoms with Gasteiger partial charge in [-0.25, -0.2) is 0 Å². The van der Waals surface area contributed by atoms with E-state index in [-0.39, 0.29) is 18.3 Å². The minimum Gasteiger partial charge on any atom is -0.496 e. The molecule has 3 rings (SSSR count). The summed E-state index contributed by atoms with van der Waals surface area (Å²) in [6, 6.07) is 12.9. The van der Waals surface area contributed by atoms with Gasteiger partial charge in [0.05, 0.1) is 23.8 Å². The van der Waals surface area contributed by atoms with Crippen LogP contribution < -0.4 is 15.4 Å². The highest BCUT2D eigenvalue weighted by Crippen LogP contribution is 2.58. The molecule has 0 saturated heterocycles. The third-order valence-corrected chi connectivity index (χ3v) is 9.36. The number of unbranched alkanes of at least 4 members (excludes halogenated alkanes) is 1. The first-order valence-corrected chi connectivity index (χ1v) is 15.6. The maximum atomic E-state index is 12.0. The Balaban J connectivity index is 2.11. The third-order valence-electron chi connectivity index (χ3n) is 6.65. The quantitative estimate of drug-likeness (QED) is 0.239. The first-order chi connectivity index (χ1) is 16.9. The summed E-state index contributed by atoms with van der Waals surface area (Å²) in [6.45, 7) is 4.08. The SMILES string of the molecule is CCCC[C@]1(CC)CS(O)(O)c2cc(CNC(=O)CP(=O)(O)O)c(OC)cc2[C@@H](c2ccccc2)N1. The number of hydrogen-bond acceptors (Lipinski definition) is 6. The molecule has 0 bridgehead atoms. The van der Waals surface area contributed by atoms with Crippen LogP contribution in [0.1, 0.15) is 62.3 Å². The van der Waals surface area contributed by atoms with Crippen LogP contribution in [0.3, 0.4) is 0 Å². The summed E-state index contributed by atoms with van der Waals surface area (Å²) >= 11 is 0. The number of benzene rings is 2. The number of carbonyl (C=O) groups is 1. The number of nitrogens with one attached hydrogen (secondary N) is 2. The number of hydrogen-bond donors (Lipinski definition) is 6. The van der Waals surface area contributed by atoms with E-state index < -0.39 is 35.8 Å². The minimum absolute atomic E-state index is 0.0804. The highest BCUT2D eigenvalue weighted by atomic mass is 32.3. The monoisotopic (exact) mass is 540 g/mol. The van der Waals surface area contributed by atoms with E-state index >= 15 is 0 Å². The van der Waals surface area contributed by atoms with E-state index in [0.29, 0.717) is 28.2 Å². The highest BCUT2D eigenvalue weighted by Gasteiger charge is 2.42. The summed E-state index contributed by atoms with van der Waals surface area (Å²) < 4.78 is 39.8. The van der Waals surface area contributed by atoms with Crippen molar-refractivity contribution in [1.82, 2.24) is 10.6 Å². The van der Waals surface area contributed by atoms with Gasteiger partial charge in [0.1, 0.15) is 11.9 Å². The summed E-state index contributed by atoms with van der Waals surface area (Å²) in [6.07, 6.45) is 2.50. The van der Waals surface area contributed by atoms with E-state index in [9.17, 15) is 18.5 Å². The van der Waals surface area contributed by atoms with Crippen LogP contribution in [0.4, 0.5) is 0 Å². The van der Waals surface area contributed by atoms with E-state index in [1.54, 1.807) is 12.1 Å². The molecule has 200 valence electrons. The van der Waals surface area contributed by atoms with Crippen molar-refractivity contribution in [3.05, 3.63) is 59.2 Å². The van der Waals surface area contributed by atoms with Gasteiger partial charge in [0.2, 0.25) is 5.91 Å². The molecule has 1 aliphatic heterocycles. The summed E-state index contributed by atoms with van der Waals surface area (Å²) in [7, 11) is -6.26. The molecule has 1 aliphatic rings. The van der Waals surface area contributed by atoms with Crippen molar-refractivity contribution in [1.29, 1.82) is 0 Å². The average molecular weight is 541 g/mol. The Hall–Kier alpha value is -1.91. The van der Waals surface area contributed by atoms with Gasteiger partial charge in [0.15, 0.2) is 0 Å². The van der Waals surface area contributed by atoms with Crippen molar-refractivity contribution >= 4 is 24.1 Å². The highest BCUT2D eigenvalue weighted by molar-refractivity contribution is 8.24. The molecule has 0 unspecified atom stereocenters. The zero-order valence-electron chi connectivity index (χ0n) is 20.9. The van der Waals surface area contributed by atoms with E-state index in [2.05, 4.69) is 24.5 Å². The minimum atomic E-state index is -4.50. The second-order valence-corrected chi connectivity index (χ2v) is 13.0. The third kappa shape index (κ3) is 6.89. The molecule has 0 aromatic heterocycles. The zero-order chi connectivity index (χ0) is 26.6. The Kier molecular flexibility index (Phi) is 9.27. The van der Waals surface area contributed by atoms with Gasteiger partial charge in [0.25, 0.3) is 0 Å². The smallest absolute Gasteiger partial charge is 0.334 e. The Bertz CT molecular complexity index is 1110. The Labute approximate surface area is 214 Å². The molecule has 0 aliphatic carbocycles. The van der Waals surface area contributed by atoms with Gasteiger partial charge in [-0.1, -0.05) is 57.0 Å². The van der Waals surface area contributed by atoms with Crippen molar-refractivity contribution in [2.75, 3.05) is 19.0 Å². The predicted octanol–water partition coefficient (Wildman–Crippen LogP) is 4.63. The number of ether oxygens (including phenoxy) is 1. The topological polar surface area (TPSA) is 148 Å². The molecule has 1 heterocycles. The summed E-state index contributed by atoms with van der Waals surface area (Å²) in [4.78, 5) is 30.5. The van der Waals surface area contributed by atoms with Crippen molar-refractivity contribution in [2.45, 2.75) is 62.6 Å². The zero-order valence-corrected chi connectivity index (χ0v) is 22.6. The fourth-order valence-corrected chi connectivity index (χ4v) is 7.46. The normalized spacial score (nSPS) is 22.2. The molecule has 2 aromatic rings. The van der Waals surface area contributed by atoms with E-state index in [4.69, 9.17) is 14.5 Å². The van der Waals surface area contributed by atoms with Crippen LogP contribution in [0.25, 0.3) is 0 Å². The number of fused-ring (bicyclic) bond motifs is 1. The maximum Gasteiger partial charge on any atom is 0.334 e. The lowest BCUT2D eigenvalue weighted by atomic mass is 9.88. The molecule has 2 atom stereocenters. The van der Waals surface area contributed by atoms with Crippen LogP contribution in [0.5, 0.6) is 5.75 Å². The maximum absolute atomic E-state index is 12.0. The molecule has 0 fully saturated rings. The van der Waals surface area contributed by atoms with Crippen molar-refractivity contribution < 1.29 is 33.0 Å². The average Bonchev–Trinajstić information content (AvgIpc) is 2.92. The van der Waals surface area contributed by atoms with Gasteiger partial charge in [-0.15, -0.1) is 0 Å². The van der Waals surface area contributed by atoms with Gasteiger partial charge in [0, 0.05) is 23.2 Å². The second kappa shape index (κ2) is 11.6. The Morgan fingerprint density at radius 3 is 2.50 bits per heavy atom. The number of rotatable bonds is 10. The molecule has 0 spiro atoms. The van der Waals surface area contributed by atoms with Gasteiger partial charge in [-0.05, 0) is 30.5 Å². The lowest BCUT2D eigenvalue weighted by Gasteiger charge is -2.42. The van der Waals surface area contributed by atoms with Gasteiger partial charge in [-0.2, -0.15) is 10.6 Å². The van der Waals surface area contributed by atoms with Crippen LogP contribution in [0.2, 0.25) is 0 Å². The fourth-order valence-electron chi connectivity index (χ4n) is 4.73. The molecular formula is C25H37N2O7PS. The molecule has 1 amide bonds. The predicted molar refractivity (Wildman–Crippen MR) is 142 cm³/mol. The van der Waals surface area contributed by atoms with Gasteiger partial charge >= 0.3 is 7.60 Å². The molecule has 0 saturated carbocycles. The van der Waals surface area contributed by atoms with Crippen molar-refractivity contribution in [3.8, 4) is 5.75 Å². The summed E-state index contributed by atoms with van der Waals surface area (Å²) in [5.41, 5.74) is 1.66. The van der Waals surface area contributed by atoms with E-state index in [1.165, 1.54) is 7.11 Å². The van der Waals surface area contributed by atoms with Gasteiger partial charge in [-0.3, -0.25) is 23.8 Å². The Morgan fingerprint density at radius 1 is 1.22 bits per heavy atom. The molecule has 36 heavy (non-hydrogen) atoms. The van der Waals surface area contributed by atoms with Crippen LogP contribution in [0.15, 0.2) is 47.4 Å². The molecule has 11 heteroatoms. The van der Waals surface area contributed by atoms with Crippen LogP contribution in [0, 0.1) is 0 Å². The molecule has 0 radical (unpaired) electrons. The number of amides is 1. The van der Waals surface area contributed by atoms with E-state index in [0.717, 1.165) is 24.8 Å². The summed E-state index contributed by atoms with van der Waals surface area (Å²) in [5.74, 6) is -0.218. The lowest BCUT2D eigenvalue weighted by molar-refractivity contribution is -0.119.